The van der Waals surface area contributed by atoms with Crippen molar-refractivity contribution < 1.29 is 9.13 Å². The van der Waals surface area contributed by atoms with Crippen molar-refractivity contribution >= 4 is 0 Å². The van der Waals surface area contributed by atoms with Crippen LogP contribution in [0.1, 0.15) is 96.8 Å². The molecule has 0 saturated heterocycles. The van der Waals surface area contributed by atoms with Crippen molar-refractivity contribution in [3.8, 4) is 0 Å². The second-order valence-electron chi connectivity index (χ2n) is 5.90. The van der Waals surface area contributed by atoms with Crippen LogP contribution in [0, 0.1) is 0 Å². The van der Waals surface area contributed by atoms with E-state index in [2.05, 4.69) is 6.92 Å². The molecule has 0 aromatic carbocycles. The zero-order valence-corrected chi connectivity index (χ0v) is 13.8. The first kappa shape index (κ1) is 19.9. The van der Waals surface area contributed by atoms with Gasteiger partial charge in [-0.15, -0.1) is 0 Å². The van der Waals surface area contributed by atoms with Gasteiger partial charge in [-0.05, 0) is 19.3 Å². The zero-order chi connectivity index (χ0) is 14.7. The van der Waals surface area contributed by atoms with E-state index in [4.69, 9.17) is 4.74 Å². The Hall–Kier alpha value is -0.110. The molecule has 0 aromatic heterocycles. The van der Waals surface area contributed by atoms with Gasteiger partial charge in [0.1, 0.15) is 0 Å². The Kier molecular flexibility index (Phi) is 18.8. The first-order valence-electron chi connectivity index (χ1n) is 9.05. The maximum atomic E-state index is 11.9. The van der Waals surface area contributed by atoms with E-state index in [9.17, 15) is 4.39 Å². The lowest BCUT2D eigenvalue weighted by molar-refractivity contribution is 0.130. The highest BCUT2D eigenvalue weighted by atomic mass is 19.1. The van der Waals surface area contributed by atoms with Crippen LogP contribution in [0.4, 0.5) is 4.39 Å². The molecule has 0 amide bonds. The van der Waals surface area contributed by atoms with Crippen LogP contribution in [-0.4, -0.2) is 19.9 Å². The second-order valence-corrected chi connectivity index (χ2v) is 5.90. The molecular weight excluding hydrogens is 251 g/mol. The van der Waals surface area contributed by atoms with Crippen LogP contribution in [0.2, 0.25) is 0 Å². The molecule has 0 N–H and O–H groups in total. The summed E-state index contributed by atoms with van der Waals surface area (Å²) in [7, 11) is 0. The highest BCUT2D eigenvalue weighted by Gasteiger charge is 1.94. The molecule has 0 unspecified atom stereocenters. The maximum Gasteiger partial charge on any atom is 0.0894 e. The van der Waals surface area contributed by atoms with Crippen molar-refractivity contribution in [3.63, 3.8) is 0 Å². The van der Waals surface area contributed by atoms with Gasteiger partial charge in [-0.1, -0.05) is 77.6 Å². The van der Waals surface area contributed by atoms with Crippen LogP contribution >= 0.6 is 0 Å². The number of halogens is 1. The predicted octanol–water partition coefficient (Wildman–Crippen LogP) is 6.45. The molecule has 1 nitrogen and oxygen atoms in total. The lowest BCUT2D eigenvalue weighted by atomic mass is 10.0. The Morgan fingerprint density at radius 2 is 0.950 bits per heavy atom. The summed E-state index contributed by atoms with van der Waals surface area (Å²) in [4.78, 5) is 0. The summed E-state index contributed by atoms with van der Waals surface area (Å²) in [6.45, 7) is 3.90. The van der Waals surface area contributed by atoms with Crippen LogP contribution in [0.15, 0.2) is 0 Å². The van der Waals surface area contributed by atoms with E-state index in [0.29, 0.717) is 0 Å². The monoisotopic (exact) mass is 288 g/mol. The molecule has 0 atom stereocenters. The number of ether oxygens (including phenoxy) is 1. The highest BCUT2D eigenvalue weighted by molar-refractivity contribution is 4.49. The van der Waals surface area contributed by atoms with Crippen LogP contribution < -0.4 is 0 Å². The fourth-order valence-electron chi connectivity index (χ4n) is 2.49. The SMILES string of the molecule is CCCOCCCCCCCCCCCCCCCF. The third-order valence-electron chi connectivity index (χ3n) is 3.77. The summed E-state index contributed by atoms with van der Waals surface area (Å²) in [5.74, 6) is 0. The Morgan fingerprint density at radius 3 is 1.35 bits per heavy atom. The molecule has 0 radical (unpaired) electrons. The molecule has 0 fully saturated rings. The topological polar surface area (TPSA) is 9.23 Å². The minimum atomic E-state index is -0.134. The van der Waals surface area contributed by atoms with E-state index >= 15 is 0 Å². The summed E-state index contributed by atoms with van der Waals surface area (Å²) in [5, 5.41) is 0. The largest absolute Gasteiger partial charge is 0.381 e. The quantitative estimate of drug-likeness (QED) is 0.279. The van der Waals surface area contributed by atoms with Gasteiger partial charge in [0.05, 0.1) is 6.67 Å². The van der Waals surface area contributed by atoms with E-state index in [0.717, 1.165) is 32.5 Å². The number of rotatable bonds is 17. The van der Waals surface area contributed by atoms with Gasteiger partial charge in [0.15, 0.2) is 0 Å². The van der Waals surface area contributed by atoms with Gasteiger partial charge in [0, 0.05) is 13.2 Å². The first-order valence-corrected chi connectivity index (χ1v) is 9.05. The highest BCUT2D eigenvalue weighted by Crippen LogP contribution is 2.12. The van der Waals surface area contributed by atoms with E-state index in [1.54, 1.807) is 0 Å². The van der Waals surface area contributed by atoms with Gasteiger partial charge >= 0.3 is 0 Å². The van der Waals surface area contributed by atoms with Crippen molar-refractivity contribution in [1.29, 1.82) is 0 Å². The third kappa shape index (κ3) is 17.9. The second kappa shape index (κ2) is 18.9. The zero-order valence-electron chi connectivity index (χ0n) is 13.8. The first-order chi connectivity index (χ1) is 9.91. The van der Waals surface area contributed by atoms with Gasteiger partial charge in [0.25, 0.3) is 0 Å². The van der Waals surface area contributed by atoms with Crippen LogP contribution in [0.25, 0.3) is 0 Å². The Labute approximate surface area is 126 Å². The smallest absolute Gasteiger partial charge is 0.0894 e. The molecule has 0 rings (SSSR count). The van der Waals surface area contributed by atoms with E-state index < -0.39 is 0 Å². The summed E-state index contributed by atoms with van der Waals surface area (Å²) >= 11 is 0. The molecular formula is C18H37FO. The molecule has 2 heteroatoms. The normalized spacial score (nSPS) is 11.1. The van der Waals surface area contributed by atoms with Crippen molar-refractivity contribution in [2.45, 2.75) is 96.8 Å². The Balaban J connectivity index is 2.89. The number of unbranched alkanes of at least 4 members (excludes halogenated alkanes) is 12. The summed E-state index contributed by atoms with van der Waals surface area (Å²) in [6.07, 6.45) is 17.8. The summed E-state index contributed by atoms with van der Waals surface area (Å²) in [6, 6.07) is 0. The number of hydrogen-bond acceptors (Lipinski definition) is 1. The molecule has 0 aliphatic carbocycles. The molecule has 0 bridgehead atoms. The standard InChI is InChI=1S/C18H37FO/c1-2-17-20-18-15-13-11-9-7-5-3-4-6-8-10-12-14-16-19/h2-18H2,1H3. The van der Waals surface area contributed by atoms with Crippen LogP contribution in [-0.2, 0) is 4.74 Å². The fraction of sp³-hybridized carbons (Fsp3) is 1.00. The fourth-order valence-corrected chi connectivity index (χ4v) is 2.49. The molecule has 0 aliphatic heterocycles. The van der Waals surface area contributed by atoms with Gasteiger partial charge < -0.3 is 4.74 Å². The van der Waals surface area contributed by atoms with E-state index in [-0.39, 0.29) is 6.67 Å². The van der Waals surface area contributed by atoms with Crippen LogP contribution in [0.3, 0.4) is 0 Å². The molecule has 0 spiro atoms. The molecule has 20 heavy (non-hydrogen) atoms. The molecule has 0 saturated carbocycles. The third-order valence-corrected chi connectivity index (χ3v) is 3.77. The van der Waals surface area contributed by atoms with Crippen LogP contribution in [0.5, 0.6) is 0 Å². The average molecular weight is 288 g/mol. The Bertz CT molecular complexity index is 143. The molecule has 0 heterocycles. The minimum absolute atomic E-state index is 0.134. The molecule has 122 valence electrons. The van der Waals surface area contributed by atoms with E-state index in [1.165, 1.54) is 70.6 Å². The maximum absolute atomic E-state index is 11.9. The summed E-state index contributed by atoms with van der Waals surface area (Å²) < 4.78 is 17.3. The van der Waals surface area contributed by atoms with E-state index in [1.807, 2.05) is 0 Å². The Morgan fingerprint density at radius 1 is 0.550 bits per heavy atom. The average Bonchev–Trinajstić information content (AvgIpc) is 2.47. The van der Waals surface area contributed by atoms with Gasteiger partial charge in [0.2, 0.25) is 0 Å². The van der Waals surface area contributed by atoms with Crippen molar-refractivity contribution in [3.05, 3.63) is 0 Å². The minimum Gasteiger partial charge on any atom is -0.381 e. The van der Waals surface area contributed by atoms with Crippen molar-refractivity contribution in [2.24, 2.45) is 0 Å². The van der Waals surface area contributed by atoms with Gasteiger partial charge in [-0.25, -0.2) is 0 Å². The summed E-state index contributed by atoms with van der Waals surface area (Å²) in [5.41, 5.74) is 0. The van der Waals surface area contributed by atoms with Gasteiger partial charge in [-0.3, -0.25) is 4.39 Å². The van der Waals surface area contributed by atoms with Crippen molar-refractivity contribution in [2.75, 3.05) is 19.9 Å². The number of hydrogen-bond donors (Lipinski definition) is 0. The molecule has 0 aliphatic rings. The lowest BCUT2D eigenvalue weighted by Crippen LogP contribution is -1.95. The van der Waals surface area contributed by atoms with Gasteiger partial charge in [-0.2, -0.15) is 0 Å². The number of alkyl halides is 1. The molecule has 0 aromatic rings. The van der Waals surface area contributed by atoms with Crippen molar-refractivity contribution in [1.82, 2.24) is 0 Å². The lowest BCUT2D eigenvalue weighted by Gasteiger charge is -2.04. The predicted molar refractivity (Wildman–Crippen MR) is 87.1 cm³/mol.